The molecule has 2 aliphatic carbocycles. The average Bonchev–Trinajstić information content (AvgIpc) is 2.63. The number of amides is 1. The monoisotopic (exact) mass is 343 g/mol. The maximum atomic E-state index is 13.5. The van der Waals surface area contributed by atoms with Gasteiger partial charge in [-0.2, -0.15) is 0 Å². The van der Waals surface area contributed by atoms with Crippen molar-refractivity contribution in [2.24, 2.45) is 0 Å². The molecule has 0 unspecified atom stereocenters. The van der Waals surface area contributed by atoms with Gasteiger partial charge in [-0.05, 0) is 57.7 Å². The lowest BCUT2D eigenvalue weighted by Crippen LogP contribution is -2.48. The lowest BCUT2D eigenvalue weighted by molar-refractivity contribution is 0.0448. The summed E-state index contributed by atoms with van der Waals surface area (Å²) in [5, 5.41) is 0. The molecule has 138 valence electrons. The van der Waals surface area contributed by atoms with E-state index < -0.39 is 0 Å². The molecule has 2 aliphatic rings. The van der Waals surface area contributed by atoms with Gasteiger partial charge in [0, 0.05) is 17.6 Å². The molecular formula is C22H33NO2. The SMILES string of the molecule is CC(C)Oc1cccc(C(=O)N(C2CCCCC2)C2CCCCC2)c1. The highest BCUT2D eigenvalue weighted by molar-refractivity contribution is 5.95. The van der Waals surface area contributed by atoms with Gasteiger partial charge in [0.15, 0.2) is 0 Å². The molecule has 2 saturated carbocycles. The molecule has 3 nitrogen and oxygen atoms in total. The zero-order valence-electron chi connectivity index (χ0n) is 15.9. The molecule has 0 aromatic heterocycles. The summed E-state index contributed by atoms with van der Waals surface area (Å²) in [6.45, 7) is 4.04. The lowest BCUT2D eigenvalue weighted by Gasteiger charge is -2.42. The number of carbonyl (C=O) groups is 1. The van der Waals surface area contributed by atoms with E-state index in [4.69, 9.17) is 4.74 Å². The zero-order valence-corrected chi connectivity index (χ0v) is 15.9. The van der Waals surface area contributed by atoms with E-state index >= 15 is 0 Å². The van der Waals surface area contributed by atoms with Crippen LogP contribution in [0.3, 0.4) is 0 Å². The molecule has 1 amide bonds. The molecule has 0 aliphatic heterocycles. The summed E-state index contributed by atoms with van der Waals surface area (Å²) in [6.07, 6.45) is 12.5. The topological polar surface area (TPSA) is 29.5 Å². The maximum absolute atomic E-state index is 13.5. The molecule has 25 heavy (non-hydrogen) atoms. The van der Waals surface area contributed by atoms with Crippen molar-refractivity contribution in [2.75, 3.05) is 0 Å². The highest BCUT2D eigenvalue weighted by Crippen LogP contribution is 2.32. The molecule has 0 radical (unpaired) electrons. The second-order valence-corrected chi connectivity index (χ2v) is 7.99. The summed E-state index contributed by atoms with van der Waals surface area (Å²) < 4.78 is 5.80. The molecule has 2 fully saturated rings. The van der Waals surface area contributed by atoms with E-state index in [9.17, 15) is 4.79 Å². The molecule has 1 aromatic carbocycles. The van der Waals surface area contributed by atoms with E-state index in [0.29, 0.717) is 12.1 Å². The fourth-order valence-corrected chi connectivity index (χ4v) is 4.47. The molecular weight excluding hydrogens is 310 g/mol. The third-order valence-corrected chi connectivity index (χ3v) is 5.62. The summed E-state index contributed by atoms with van der Waals surface area (Å²) in [6, 6.07) is 8.64. The Morgan fingerprint density at radius 3 is 2.04 bits per heavy atom. The minimum Gasteiger partial charge on any atom is -0.491 e. The second kappa shape index (κ2) is 8.73. The van der Waals surface area contributed by atoms with Crippen molar-refractivity contribution in [3.8, 4) is 5.75 Å². The first-order chi connectivity index (χ1) is 12.1. The minimum absolute atomic E-state index is 0.123. The van der Waals surface area contributed by atoms with Crippen molar-refractivity contribution >= 4 is 5.91 Å². The quantitative estimate of drug-likeness (QED) is 0.698. The summed E-state index contributed by atoms with van der Waals surface area (Å²) >= 11 is 0. The molecule has 0 bridgehead atoms. The van der Waals surface area contributed by atoms with Gasteiger partial charge >= 0.3 is 0 Å². The van der Waals surface area contributed by atoms with E-state index in [1.807, 2.05) is 38.1 Å². The van der Waals surface area contributed by atoms with Crippen molar-refractivity contribution in [1.82, 2.24) is 4.90 Å². The molecule has 0 saturated heterocycles. The van der Waals surface area contributed by atoms with Crippen molar-refractivity contribution in [1.29, 1.82) is 0 Å². The lowest BCUT2D eigenvalue weighted by atomic mass is 9.88. The minimum atomic E-state index is 0.123. The highest BCUT2D eigenvalue weighted by Gasteiger charge is 2.33. The van der Waals surface area contributed by atoms with Gasteiger partial charge in [-0.25, -0.2) is 0 Å². The van der Waals surface area contributed by atoms with Crippen molar-refractivity contribution in [3.05, 3.63) is 29.8 Å². The van der Waals surface area contributed by atoms with Gasteiger partial charge in [0.25, 0.3) is 5.91 Å². The largest absolute Gasteiger partial charge is 0.491 e. The van der Waals surface area contributed by atoms with Gasteiger partial charge < -0.3 is 9.64 Å². The Morgan fingerprint density at radius 2 is 1.52 bits per heavy atom. The van der Waals surface area contributed by atoms with Crippen LogP contribution in [-0.2, 0) is 0 Å². The van der Waals surface area contributed by atoms with Crippen LogP contribution in [0.4, 0.5) is 0 Å². The summed E-state index contributed by atoms with van der Waals surface area (Å²) in [4.78, 5) is 15.7. The fourth-order valence-electron chi connectivity index (χ4n) is 4.47. The first-order valence-electron chi connectivity index (χ1n) is 10.2. The Bertz CT molecular complexity index is 539. The fraction of sp³-hybridized carbons (Fsp3) is 0.682. The number of benzene rings is 1. The summed E-state index contributed by atoms with van der Waals surface area (Å²) in [5.41, 5.74) is 0.786. The van der Waals surface area contributed by atoms with Crippen LogP contribution < -0.4 is 4.74 Å². The number of rotatable bonds is 5. The zero-order chi connectivity index (χ0) is 17.6. The van der Waals surface area contributed by atoms with Crippen LogP contribution in [0.1, 0.15) is 88.4 Å². The van der Waals surface area contributed by atoms with Crippen LogP contribution in [0.2, 0.25) is 0 Å². The molecule has 1 aromatic rings. The van der Waals surface area contributed by atoms with Gasteiger partial charge in [-0.15, -0.1) is 0 Å². The van der Waals surface area contributed by atoms with Crippen LogP contribution in [0.25, 0.3) is 0 Å². The third kappa shape index (κ3) is 4.77. The maximum Gasteiger partial charge on any atom is 0.254 e. The summed E-state index contributed by atoms with van der Waals surface area (Å²) in [7, 11) is 0. The van der Waals surface area contributed by atoms with E-state index in [0.717, 1.165) is 11.3 Å². The predicted octanol–water partition coefficient (Wildman–Crippen LogP) is 5.58. The molecule has 0 heterocycles. The van der Waals surface area contributed by atoms with E-state index in [-0.39, 0.29) is 12.0 Å². The van der Waals surface area contributed by atoms with Crippen LogP contribution in [-0.4, -0.2) is 29.0 Å². The Kier molecular flexibility index (Phi) is 6.39. The van der Waals surface area contributed by atoms with Crippen molar-refractivity contribution in [3.63, 3.8) is 0 Å². The van der Waals surface area contributed by atoms with Crippen LogP contribution in [0, 0.1) is 0 Å². The third-order valence-electron chi connectivity index (χ3n) is 5.62. The molecule has 0 spiro atoms. The van der Waals surface area contributed by atoms with Gasteiger partial charge in [-0.3, -0.25) is 4.79 Å². The Hall–Kier alpha value is -1.51. The van der Waals surface area contributed by atoms with Gasteiger partial charge in [0.1, 0.15) is 5.75 Å². The van der Waals surface area contributed by atoms with Crippen molar-refractivity contribution < 1.29 is 9.53 Å². The standard InChI is InChI=1S/C22H33NO2/c1-17(2)25-21-15-9-10-18(16-21)22(24)23(19-11-5-3-6-12-19)20-13-7-4-8-14-20/h9-10,15-17,19-20H,3-8,11-14H2,1-2H3. The Morgan fingerprint density at radius 1 is 0.960 bits per heavy atom. The Balaban J connectivity index is 1.82. The number of ether oxygens (including phenoxy) is 1. The van der Waals surface area contributed by atoms with Gasteiger partial charge in [0.2, 0.25) is 0 Å². The van der Waals surface area contributed by atoms with Crippen molar-refractivity contribution in [2.45, 2.75) is 96.2 Å². The second-order valence-electron chi connectivity index (χ2n) is 7.99. The van der Waals surface area contributed by atoms with E-state index in [1.54, 1.807) is 0 Å². The van der Waals surface area contributed by atoms with Gasteiger partial charge in [-0.1, -0.05) is 44.6 Å². The first kappa shape index (κ1) is 18.3. The van der Waals surface area contributed by atoms with Crippen LogP contribution in [0.5, 0.6) is 5.75 Å². The van der Waals surface area contributed by atoms with Crippen LogP contribution >= 0.6 is 0 Å². The number of carbonyl (C=O) groups excluding carboxylic acids is 1. The first-order valence-corrected chi connectivity index (χ1v) is 10.2. The highest BCUT2D eigenvalue weighted by atomic mass is 16.5. The van der Waals surface area contributed by atoms with Gasteiger partial charge in [0.05, 0.1) is 6.10 Å². The average molecular weight is 344 g/mol. The molecule has 0 N–H and O–H groups in total. The number of hydrogen-bond donors (Lipinski definition) is 0. The number of nitrogens with zero attached hydrogens (tertiary/aromatic N) is 1. The molecule has 3 heteroatoms. The smallest absolute Gasteiger partial charge is 0.254 e. The van der Waals surface area contributed by atoms with Crippen LogP contribution in [0.15, 0.2) is 24.3 Å². The van der Waals surface area contributed by atoms with E-state index in [1.165, 1.54) is 64.2 Å². The predicted molar refractivity (Wildman–Crippen MR) is 102 cm³/mol. The Labute approximate surface area is 152 Å². The molecule has 3 rings (SSSR count). The normalized spacial score (nSPS) is 19.8. The molecule has 0 atom stereocenters. The van der Waals surface area contributed by atoms with E-state index in [2.05, 4.69) is 4.90 Å². The summed E-state index contributed by atoms with van der Waals surface area (Å²) in [5.74, 6) is 1.01. The number of hydrogen-bond acceptors (Lipinski definition) is 2.